The summed E-state index contributed by atoms with van der Waals surface area (Å²) in [5.41, 5.74) is 0.856. The number of carbonyl (C=O) groups excluding carboxylic acids is 2. The fraction of sp³-hybridized carbons (Fsp3) is 0.185. The average molecular weight is 509 g/mol. The molecular formula is C27H23F3N4O3. The zero-order valence-corrected chi connectivity index (χ0v) is 19.5. The Kier molecular flexibility index (Phi) is 7.97. The van der Waals surface area contributed by atoms with Crippen molar-refractivity contribution < 1.29 is 27.3 Å². The minimum absolute atomic E-state index is 0.0102. The normalized spacial score (nSPS) is 12.1. The molecule has 1 aromatic heterocycles. The molecule has 0 aliphatic carbocycles. The maximum Gasteiger partial charge on any atom is 0.416 e. The standard InChI is InChI=1S/C27H23F3N4O3/c28-27(29,30)21-13-7-12-20(16-21)25-33-23(37-34-25)15-14-22(35)32-24(19-10-5-2-6-11-19)26(36)31-17-18-8-3-1-4-9-18/h1-13,16,24H,14-15,17H2,(H,31,36)(H,32,35). The van der Waals surface area contributed by atoms with Gasteiger partial charge in [-0.25, -0.2) is 0 Å². The van der Waals surface area contributed by atoms with Crippen LogP contribution in [0.15, 0.2) is 89.5 Å². The minimum atomic E-state index is -4.50. The molecule has 4 aromatic rings. The Bertz CT molecular complexity index is 1340. The molecule has 2 N–H and O–H groups in total. The second-order valence-corrected chi connectivity index (χ2v) is 8.20. The first-order chi connectivity index (χ1) is 17.8. The molecular weight excluding hydrogens is 485 g/mol. The van der Waals surface area contributed by atoms with Crippen molar-refractivity contribution in [1.82, 2.24) is 20.8 Å². The molecule has 190 valence electrons. The molecule has 0 saturated heterocycles. The first-order valence-electron chi connectivity index (χ1n) is 11.5. The van der Waals surface area contributed by atoms with Crippen molar-refractivity contribution >= 4 is 11.8 Å². The highest BCUT2D eigenvalue weighted by atomic mass is 19.4. The number of aromatic nitrogens is 2. The van der Waals surface area contributed by atoms with Gasteiger partial charge in [-0.3, -0.25) is 9.59 Å². The van der Waals surface area contributed by atoms with Gasteiger partial charge in [0, 0.05) is 24.9 Å². The van der Waals surface area contributed by atoms with Crippen LogP contribution in [0.3, 0.4) is 0 Å². The molecule has 0 saturated carbocycles. The van der Waals surface area contributed by atoms with E-state index in [2.05, 4.69) is 20.8 Å². The van der Waals surface area contributed by atoms with Gasteiger partial charge in [0.2, 0.25) is 23.5 Å². The number of nitrogens with zero attached hydrogens (tertiary/aromatic N) is 2. The Labute approximate surface area is 210 Å². The van der Waals surface area contributed by atoms with Crippen molar-refractivity contribution in [2.75, 3.05) is 0 Å². The van der Waals surface area contributed by atoms with Gasteiger partial charge in [-0.15, -0.1) is 0 Å². The van der Waals surface area contributed by atoms with Gasteiger partial charge in [0.25, 0.3) is 0 Å². The second kappa shape index (κ2) is 11.5. The summed E-state index contributed by atoms with van der Waals surface area (Å²) in [6.45, 7) is 0.305. The third kappa shape index (κ3) is 7.03. The van der Waals surface area contributed by atoms with E-state index in [0.717, 1.165) is 17.7 Å². The van der Waals surface area contributed by atoms with Crippen LogP contribution in [0.1, 0.15) is 35.0 Å². The van der Waals surface area contributed by atoms with Gasteiger partial charge in [0.05, 0.1) is 5.56 Å². The van der Waals surface area contributed by atoms with Crippen LogP contribution in [0.5, 0.6) is 0 Å². The van der Waals surface area contributed by atoms with Crippen LogP contribution in [0.4, 0.5) is 13.2 Å². The van der Waals surface area contributed by atoms with Crippen molar-refractivity contribution in [3.63, 3.8) is 0 Å². The SMILES string of the molecule is O=C(CCc1nc(-c2cccc(C(F)(F)F)c2)no1)NC(C(=O)NCc1ccccc1)c1ccccc1. The molecule has 0 aliphatic rings. The quantitative estimate of drug-likeness (QED) is 0.337. The van der Waals surface area contributed by atoms with Crippen molar-refractivity contribution in [2.24, 2.45) is 0 Å². The molecule has 7 nitrogen and oxygen atoms in total. The predicted octanol–water partition coefficient (Wildman–Crippen LogP) is 4.86. The molecule has 1 heterocycles. The van der Waals surface area contributed by atoms with Crippen LogP contribution in [0.25, 0.3) is 11.4 Å². The second-order valence-electron chi connectivity index (χ2n) is 8.20. The lowest BCUT2D eigenvalue weighted by molar-refractivity contribution is -0.137. The number of carbonyl (C=O) groups is 2. The van der Waals surface area contributed by atoms with E-state index in [0.29, 0.717) is 12.1 Å². The number of hydrogen-bond acceptors (Lipinski definition) is 5. The summed E-state index contributed by atoms with van der Waals surface area (Å²) in [7, 11) is 0. The molecule has 37 heavy (non-hydrogen) atoms. The van der Waals surface area contributed by atoms with Crippen LogP contribution in [-0.4, -0.2) is 22.0 Å². The Morgan fingerprint density at radius 1 is 0.919 bits per heavy atom. The predicted molar refractivity (Wildman–Crippen MR) is 129 cm³/mol. The lowest BCUT2D eigenvalue weighted by Gasteiger charge is -2.19. The summed E-state index contributed by atoms with van der Waals surface area (Å²) in [5.74, 6) is -0.716. The van der Waals surface area contributed by atoms with E-state index in [9.17, 15) is 22.8 Å². The zero-order valence-electron chi connectivity index (χ0n) is 19.5. The van der Waals surface area contributed by atoms with Gasteiger partial charge in [0.15, 0.2) is 0 Å². The number of nitrogens with one attached hydrogen (secondary N) is 2. The first kappa shape index (κ1) is 25.6. The van der Waals surface area contributed by atoms with Gasteiger partial charge in [-0.2, -0.15) is 18.2 Å². The molecule has 1 atom stereocenters. The number of halogens is 3. The van der Waals surface area contributed by atoms with E-state index in [-0.39, 0.29) is 36.0 Å². The van der Waals surface area contributed by atoms with Crippen molar-refractivity contribution in [3.8, 4) is 11.4 Å². The summed E-state index contributed by atoms with van der Waals surface area (Å²) in [6, 6.07) is 21.9. The Balaban J connectivity index is 1.38. The minimum Gasteiger partial charge on any atom is -0.350 e. The van der Waals surface area contributed by atoms with Crippen LogP contribution < -0.4 is 10.6 Å². The highest BCUT2D eigenvalue weighted by molar-refractivity contribution is 5.88. The lowest BCUT2D eigenvalue weighted by Crippen LogP contribution is -2.40. The summed E-state index contributed by atoms with van der Waals surface area (Å²) < 4.78 is 44.1. The van der Waals surface area contributed by atoms with Gasteiger partial charge in [-0.1, -0.05) is 78.0 Å². The lowest BCUT2D eigenvalue weighted by atomic mass is 10.1. The summed E-state index contributed by atoms with van der Waals surface area (Å²) >= 11 is 0. The molecule has 0 radical (unpaired) electrons. The summed E-state index contributed by atoms with van der Waals surface area (Å²) in [4.78, 5) is 29.7. The third-order valence-corrected chi connectivity index (χ3v) is 5.49. The number of alkyl halides is 3. The highest BCUT2D eigenvalue weighted by Gasteiger charge is 2.31. The number of rotatable bonds is 9. The van der Waals surface area contributed by atoms with Crippen molar-refractivity contribution in [2.45, 2.75) is 31.6 Å². The van der Waals surface area contributed by atoms with E-state index in [1.807, 2.05) is 36.4 Å². The van der Waals surface area contributed by atoms with Gasteiger partial charge in [0.1, 0.15) is 6.04 Å². The number of amides is 2. The monoisotopic (exact) mass is 508 g/mol. The molecule has 0 aliphatic heterocycles. The van der Waals surface area contributed by atoms with E-state index < -0.39 is 23.7 Å². The smallest absolute Gasteiger partial charge is 0.350 e. The molecule has 0 spiro atoms. The van der Waals surface area contributed by atoms with Crippen molar-refractivity contribution in [3.05, 3.63) is 108 Å². The number of hydrogen-bond donors (Lipinski definition) is 2. The van der Waals surface area contributed by atoms with Gasteiger partial charge >= 0.3 is 6.18 Å². The fourth-order valence-electron chi connectivity index (χ4n) is 3.59. The van der Waals surface area contributed by atoms with Crippen molar-refractivity contribution in [1.29, 1.82) is 0 Å². The van der Waals surface area contributed by atoms with Crippen LogP contribution >= 0.6 is 0 Å². The molecule has 2 amide bonds. The van der Waals surface area contributed by atoms with E-state index >= 15 is 0 Å². The summed E-state index contributed by atoms with van der Waals surface area (Å²) in [6.07, 6.45) is -4.52. The van der Waals surface area contributed by atoms with Crippen LogP contribution in [-0.2, 0) is 28.7 Å². The molecule has 10 heteroatoms. The van der Waals surface area contributed by atoms with Crippen LogP contribution in [0, 0.1) is 0 Å². The molecule has 3 aromatic carbocycles. The molecule has 0 bridgehead atoms. The maximum atomic E-state index is 13.0. The Morgan fingerprint density at radius 2 is 1.62 bits per heavy atom. The average Bonchev–Trinajstić information content (AvgIpc) is 3.39. The van der Waals surface area contributed by atoms with E-state index in [1.54, 1.807) is 24.3 Å². The maximum absolute atomic E-state index is 13.0. The largest absolute Gasteiger partial charge is 0.416 e. The zero-order chi connectivity index (χ0) is 26.3. The molecule has 0 fully saturated rings. The number of benzene rings is 3. The third-order valence-electron chi connectivity index (χ3n) is 5.49. The highest BCUT2D eigenvalue weighted by Crippen LogP contribution is 2.31. The number of aryl methyl sites for hydroxylation is 1. The summed E-state index contributed by atoms with van der Waals surface area (Å²) in [5, 5.41) is 9.30. The molecule has 4 rings (SSSR count). The van der Waals surface area contributed by atoms with E-state index in [4.69, 9.17) is 4.52 Å². The molecule has 1 unspecified atom stereocenters. The fourth-order valence-corrected chi connectivity index (χ4v) is 3.59. The Hall–Kier alpha value is -4.47. The first-order valence-corrected chi connectivity index (χ1v) is 11.5. The van der Waals surface area contributed by atoms with Gasteiger partial charge in [-0.05, 0) is 23.3 Å². The van der Waals surface area contributed by atoms with E-state index in [1.165, 1.54) is 12.1 Å². The topological polar surface area (TPSA) is 97.1 Å². The Morgan fingerprint density at radius 3 is 2.32 bits per heavy atom. The van der Waals surface area contributed by atoms with Crippen LogP contribution in [0.2, 0.25) is 0 Å². The van der Waals surface area contributed by atoms with Gasteiger partial charge < -0.3 is 15.2 Å².